The monoisotopic (exact) mass is 281 g/mol. The van der Waals surface area contributed by atoms with Crippen LogP contribution in [0, 0.1) is 11.6 Å². The van der Waals surface area contributed by atoms with E-state index in [2.05, 4.69) is 0 Å². The molecule has 1 nitrogen and oxygen atoms in total. The summed E-state index contributed by atoms with van der Waals surface area (Å²) in [4.78, 5) is 1.97. The molecule has 0 radical (unpaired) electrons. The smallest absolute Gasteiger partial charge is 0.159 e. The summed E-state index contributed by atoms with van der Waals surface area (Å²) in [5.41, 5.74) is 1.60. The van der Waals surface area contributed by atoms with Crippen LogP contribution in [0.2, 0.25) is 0 Å². The molecule has 2 rings (SSSR count). The Kier molecular flexibility index (Phi) is 4.38. The highest BCUT2D eigenvalue weighted by Crippen LogP contribution is 2.25. The minimum absolute atomic E-state index is 0.402. The lowest BCUT2D eigenvalue weighted by molar-refractivity contribution is 0.507. The maximum atomic E-state index is 13.2. The molecule has 0 saturated carbocycles. The predicted molar refractivity (Wildman–Crippen MR) is 74.7 cm³/mol. The molecule has 0 aliphatic carbocycles. The SMILES string of the molecule is CN(CC(Cl)c1ccc(F)c(F)c1)c1ccccc1. The van der Waals surface area contributed by atoms with Gasteiger partial charge in [0.25, 0.3) is 0 Å². The molecule has 0 fully saturated rings. The van der Waals surface area contributed by atoms with Gasteiger partial charge in [-0.15, -0.1) is 11.6 Å². The summed E-state index contributed by atoms with van der Waals surface area (Å²) in [7, 11) is 1.91. The van der Waals surface area contributed by atoms with Crippen molar-refractivity contribution in [3.63, 3.8) is 0 Å². The summed E-state index contributed by atoms with van der Waals surface area (Å²) in [6, 6.07) is 13.5. The Hall–Kier alpha value is -1.61. The summed E-state index contributed by atoms with van der Waals surface area (Å²) < 4.78 is 26.0. The van der Waals surface area contributed by atoms with E-state index in [-0.39, 0.29) is 0 Å². The number of rotatable bonds is 4. The second kappa shape index (κ2) is 6.02. The molecule has 0 heterocycles. The summed E-state index contributed by atoms with van der Waals surface area (Å²) >= 11 is 6.24. The number of alkyl halides is 1. The van der Waals surface area contributed by atoms with Crippen LogP contribution in [0.15, 0.2) is 48.5 Å². The summed E-state index contributed by atoms with van der Waals surface area (Å²) in [6.45, 7) is 0.511. The van der Waals surface area contributed by atoms with E-state index < -0.39 is 17.0 Å². The van der Waals surface area contributed by atoms with E-state index in [0.717, 1.165) is 17.8 Å². The van der Waals surface area contributed by atoms with Crippen molar-refractivity contribution in [1.29, 1.82) is 0 Å². The van der Waals surface area contributed by atoms with Gasteiger partial charge in [0, 0.05) is 19.3 Å². The van der Waals surface area contributed by atoms with Crippen LogP contribution in [-0.2, 0) is 0 Å². The van der Waals surface area contributed by atoms with Crippen LogP contribution in [0.25, 0.3) is 0 Å². The number of anilines is 1. The number of halogens is 3. The van der Waals surface area contributed by atoms with Crippen molar-refractivity contribution in [3.05, 3.63) is 65.7 Å². The second-order valence-electron chi connectivity index (χ2n) is 4.36. The third kappa shape index (κ3) is 3.44. The number of para-hydroxylation sites is 1. The van der Waals surface area contributed by atoms with Crippen LogP contribution >= 0.6 is 11.6 Å². The number of likely N-dealkylation sites (N-methyl/N-ethyl adjacent to an activating group) is 1. The molecule has 0 amide bonds. The molecule has 1 unspecified atom stereocenters. The first-order chi connectivity index (χ1) is 9.08. The van der Waals surface area contributed by atoms with Gasteiger partial charge < -0.3 is 4.90 Å². The van der Waals surface area contributed by atoms with E-state index in [1.807, 2.05) is 42.3 Å². The highest BCUT2D eigenvalue weighted by atomic mass is 35.5. The van der Waals surface area contributed by atoms with E-state index in [1.54, 1.807) is 0 Å². The number of hydrogen-bond donors (Lipinski definition) is 0. The summed E-state index contributed by atoms with van der Waals surface area (Å²) in [5, 5.41) is -0.402. The first-order valence-electron chi connectivity index (χ1n) is 5.93. The van der Waals surface area contributed by atoms with Gasteiger partial charge in [0.15, 0.2) is 11.6 Å². The third-order valence-electron chi connectivity index (χ3n) is 2.94. The van der Waals surface area contributed by atoms with Crippen molar-refractivity contribution in [2.24, 2.45) is 0 Å². The summed E-state index contributed by atoms with van der Waals surface area (Å²) in [6.07, 6.45) is 0. The van der Waals surface area contributed by atoms with Crippen molar-refractivity contribution in [2.75, 3.05) is 18.5 Å². The van der Waals surface area contributed by atoms with Crippen LogP contribution in [-0.4, -0.2) is 13.6 Å². The Morgan fingerprint density at radius 3 is 2.37 bits per heavy atom. The topological polar surface area (TPSA) is 3.24 Å². The minimum Gasteiger partial charge on any atom is -0.373 e. The fourth-order valence-electron chi connectivity index (χ4n) is 1.84. The fraction of sp³-hybridized carbons (Fsp3) is 0.200. The second-order valence-corrected chi connectivity index (χ2v) is 4.88. The van der Waals surface area contributed by atoms with Gasteiger partial charge in [-0.25, -0.2) is 8.78 Å². The van der Waals surface area contributed by atoms with Crippen molar-refractivity contribution in [3.8, 4) is 0 Å². The van der Waals surface area contributed by atoms with Gasteiger partial charge in [-0.3, -0.25) is 0 Å². The largest absolute Gasteiger partial charge is 0.373 e. The van der Waals surface area contributed by atoms with Crippen molar-refractivity contribution < 1.29 is 8.78 Å². The predicted octanol–water partition coefficient (Wildman–Crippen LogP) is 4.38. The normalized spacial score (nSPS) is 12.2. The molecule has 2 aromatic rings. The van der Waals surface area contributed by atoms with Gasteiger partial charge >= 0.3 is 0 Å². The van der Waals surface area contributed by atoms with Crippen LogP contribution < -0.4 is 4.90 Å². The molecule has 0 aliphatic rings. The van der Waals surface area contributed by atoms with E-state index in [4.69, 9.17) is 11.6 Å². The van der Waals surface area contributed by atoms with Gasteiger partial charge in [0.05, 0.1) is 5.38 Å². The molecular formula is C15H14ClF2N. The molecule has 19 heavy (non-hydrogen) atoms. The molecule has 0 aromatic heterocycles. The average molecular weight is 282 g/mol. The Bertz CT molecular complexity index is 545. The number of hydrogen-bond acceptors (Lipinski definition) is 1. The van der Waals surface area contributed by atoms with E-state index in [1.165, 1.54) is 6.07 Å². The highest BCUT2D eigenvalue weighted by Gasteiger charge is 2.13. The minimum atomic E-state index is -0.870. The fourth-order valence-corrected chi connectivity index (χ4v) is 2.18. The Labute approximate surface area is 116 Å². The molecule has 2 aromatic carbocycles. The molecule has 100 valence electrons. The van der Waals surface area contributed by atoms with Gasteiger partial charge in [0.1, 0.15) is 0 Å². The van der Waals surface area contributed by atoms with Gasteiger partial charge in [-0.2, -0.15) is 0 Å². The average Bonchev–Trinajstić information content (AvgIpc) is 2.42. The molecule has 0 aliphatic heterocycles. The maximum absolute atomic E-state index is 13.2. The Balaban J connectivity index is 2.08. The number of benzene rings is 2. The van der Waals surface area contributed by atoms with Gasteiger partial charge in [0.2, 0.25) is 0 Å². The van der Waals surface area contributed by atoms with Crippen molar-refractivity contribution in [2.45, 2.75) is 5.38 Å². The maximum Gasteiger partial charge on any atom is 0.159 e. The lowest BCUT2D eigenvalue weighted by Crippen LogP contribution is -2.21. The van der Waals surface area contributed by atoms with Crippen LogP contribution in [0.1, 0.15) is 10.9 Å². The molecule has 4 heteroatoms. The van der Waals surface area contributed by atoms with Crippen LogP contribution in [0.3, 0.4) is 0 Å². The quantitative estimate of drug-likeness (QED) is 0.752. The molecule has 0 N–H and O–H groups in total. The first kappa shape index (κ1) is 13.8. The molecule has 0 saturated heterocycles. The molecule has 0 spiro atoms. The van der Waals surface area contributed by atoms with Crippen molar-refractivity contribution in [1.82, 2.24) is 0 Å². The van der Waals surface area contributed by atoms with E-state index in [9.17, 15) is 8.78 Å². The zero-order valence-electron chi connectivity index (χ0n) is 10.5. The highest BCUT2D eigenvalue weighted by molar-refractivity contribution is 6.21. The molecule has 0 bridgehead atoms. The summed E-state index contributed by atoms with van der Waals surface area (Å²) in [5.74, 6) is -1.73. The first-order valence-corrected chi connectivity index (χ1v) is 6.37. The van der Waals surface area contributed by atoms with E-state index >= 15 is 0 Å². The Morgan fingerprint density at radius 1 is 1.05 bits per heavy atom. The van der Waals surface area contributed by atoms with Gasteiger partial charge in [-0.05, 0) is 29.8 Å². The lowest BCUT2D eigenvalue weighted by atomic mass is 10.1. The standard InChI is InChI=1S/C15H14ClF2N/c1-19(12-5-3-2-4-6-12)10-13(16)11-7-8-14(17)15(18)9-11/h2-9,13H,10H2,1H3. The van der Waals surface area contributed by atoms with Crippen molar-refractivity contribution >= 4 is 17.3 Å². The lowest BCUT2D eigenvalue weighted by Gasteiger charge is -2.22. The van der Waals surface area contributed by atoms with Gasteiger partial charge in [-0.1, -0.05) is 24.3 Å². The molecular weight excluding hydrogens is 268 g/mol. The molecule has 1 atom stereocenters. The van der Waals surface area contributed by atoms with Crippen LogP contribution in [0.5, 0.6) is 0 Å². The Morgan fingerprint density at radius 2 is 1.74 bits per heavy atom. The third-order valence-corrected chi connectivity index (χ3v) is 3.33. The zero-order valence-corrected chi connectivity index (χ0v) is 11.2. The number of nitrogens with zero attached hydrogens (tertiary/aromatic N) is 1. The zero-order chi connectivity index (χ0) is 13.8. The van der Waals surface area contributed by atoms with Crippen LogP contribution in [0.4, 0.5) is 14.5 Å². The van der Waals surface area contributed by atoms with E-state index in [0.29, 0.717) is 12.1 Å².